The number of rotatable bonds is 4. The summed E-state index contributed by atoms with van der Waals surface area (Å²) in [4.78, 5) is 10.9. The van der Waals surface area contributed by atoms with Gasteiger partial charge < -0.3 is 9.84 Å². The summed E-state index contributed by atoms with van der Waals surface area (Å²) in [7, 11) is 1.44. The number of methoxy groups -OCH3 is 1. The molecule has 0 heterocycles. The molecule has 0 spiro atoms. The first-order chi connectivity index (χ1) is 7.11. The zero-order valence-corrected chi connectivity index (χ0v) is 8.66. The molecule has 1 aromatic carbocycles. The second-order valence-electron chi connectivity index (χ2n) is 3.23. The lowest BCUT2D eigenvalue weighted by molar-refractivity contribution is -0.138. The maximum Gasteiger partial charge on any atom is 0.310 e. The van der Waals surface area contributed by atoms with E-state index >= 15 is 0 Å². The van der Waals surface area contributed by atoms with E-state index in [9.17, 15) is 9.18 Å². The van der Waals surface area contributed by atoms with E-state index in [-0.39, 0.29) is 0 Å². The van der Waals surface area contributed by atoms with Gasteiger partial charge in [-0.15, -0.1) is 0 Å². The topological polar surface area (TPSA) is 46.5 Å². The number of ether oxygens (including phenoxy) is 1. The largest absolute Gasteiger partial charge is 0.496 e. The normalized spacial score (nSPS) is 12.2. The van der Waals surface area contributed by atoms with E-state index in [1.807, 2.05) is 0 Å². The van der Waals surface area contributed by atoms with Gasteiger partial charge >= 0.3 is 5.97 Å². The average Bonchev–Trinajstić information content (AvgIpc) is 2.26. The zero-order valence-electron chi connectivity index (χ0n) is 8.66. The number of carbonyl (C=O) groups is 1. The summed E-state index contributed by atoms with van der Waals surface area (Å²) in [6, 6.07) is 4.84. The first-order valence-electron chi connectivity index (χ1n) is 4.56. The predicted molar refractivity (Wildman–Crippen MR) is 53.9 cm³/mol. The van der Waals surface area contributed by atoms with Crippen molar-refractivity contribution in [2.45, 2.75) is 19.5 Å². The van der Waals surface area contributed by atoms with Crippen molar-refractivity contribution < 1.29 is 19.0 Å². The van der Waals surface area contributed by atoms with Gasteiger partial charge in [0, 0.05) is 5.56 Å². The van der Waals surface area contributed by atoms with Crippen molar-refractivity contribution in [3.63, 3.8) is 0 Å². The van der Waals surface area contributed by atoms with Gasteiger partial charge in [0.1, 0.15) is 12.4 Å². The molecular weight excluding hydrogens is 199 g/mol. The monoisotopic (exact) mass is 212 g/mol. The second-order valence-corrected chi connectivity index (χ2v) is 3.23. The number of aliphatic carboxylic acids is 1. The number of alkyl halides is 1. The minimum absolute atomic E-state index is 0.365. The smallest absolute Gasteiger partial charge is 0.310 e. The summed E-state index contributed by atoms with van der Waals surface area (Å²) in [5.41, 5.74) is 0.777. The molecule has 15 heavy (non-hydrogen) atoms. The van der Waals surface area contributed by atoms with Crippen molar-refractivity contribution in [1.82, 2.24) is 0 Å². The molecule has 1 unspecified atom stereocenters. The third-order valence-electron chi connectivity index (χ3n) is 2.32. The van der Waals surface area contributed by atoms with Crippen LogP contribution >= 0.6 is 0 Å². The summed E-state index contributed by atoms with van der Waals surface area (Å²) in [5.74, 6) is -1.35. The van der Waals surface area contributed by atoms with E-state index in [4.69, 9.17) is 9.84 Å². The van der Waals surface area contributed by atoms with Gasteiger partial charge in [-0.25, -0.2) is 4.39 Å². The highest BCUT2D eigenvalue weighted by atomic mass is 19.1. The second kappa shape index (κ2) is 4.77. The Labute approximate surface area is 87.5 Å². The molecule has 1 rings (SSSR count). The Balaban J connectivity index is 3.27. The third kappa shape index (κ3) is 2.26. The van der Waals surface area contributed by atoms with Crippen LogP contribution in [0.2, 0.25) is 0 Å². The van der Waals surface area contributed by atoms with Crippen LogP contribution in [0, 0.1) is 0 Å². The van der Waals surface area contributed by atoms with E-state index in [0.717, 1.165) is 0 Å². The van der Waals surface area contributed by atoms with E-state index in [0.29, 0.717) is 16.9 Å². The van der Waals surface area contributed by atoms with Crippen LogP contribution in [0.5, 0.6) is 5.75 Å². The molecule has 0 saturated heterocycles. The number of hydrogen-bond donors (Lipinski definition) is 1. The predicted octanol–water partition coefficient (Wildman–Crippen LogP) is 2.35. The minimum atomic E-state index is -0.991. The van der Waals surface area contributed by atoms with Gasteiger partial charge in [0.25, 0.3) is 0 Å². The van der Waals surface area contributed by atoms with Crippen molar-refractivity contribution in [3.8, 4) is 5.75 Å². The van der Waals surface area contributed by atoms with Gasteiger partial charge in [0.05, 0.1) is 13.0 Å². The number of hydrogen-bond acceptors (Lipinski definition) is 2. The molecule has 0 aromatic heterocycles. The molecule has 1 aromatic rings. The molecule has 0 radical (unpaired) electrons. The molecule has 1 atom stereocenters. The molecule has 0 aliphatic heterocycles. The first-order valence-corrected chi connectivity index (χ1v) is 4.56. The van der Waals surface area contributed by atoms with Gasteiger partial charge in [-0.1, -0.05) is 12.1 Å². The molecule has 0 aliphatic carbocycles. The summed E-state index contributed by atoms with van der Waals surface area (Å²) in [6.07, 6.45) is 0. The van der Waals surface area contributed by atoms with Crippen LogP contribution in [-0.2, 0) is 11.5 Å². The van der Waals surface area contributed by atoms with Crippen LogP contribution in [0.3, 0.4) is 0 Å². The fourth-order valence-corrected chi connectivity index (χ4v) is 1.50. The lowest BCUT2D eigenvalue weighted by atomic mass is 9.95. The lowest BCUT2D eigenvalue weighted by Crippen LogP contribution is -2.11. The Morgan fingerprint density at radius 1 is 1.60 bits per heavy atom. The summed E-state index contributed by atoms with van der Waals surface area (Å²) < 4.78 is 17.7. The van der Waals surface area contributed by atoms with E-state index in [1.54, 1.807) is 18.2 Å². The van der Waals surface area contributed by atoms with Crippen LogP contribution in [0.1, 0.15) is 24.0 Å². The Bertz CT molecular complexity index is 341. The molecule has 0 amide bonds. The molecule has 1 N–H and O–H groups in total. The minimum Gasteiger partial charge on any atom is -0.496 e. The van der Waals surface area contributed by atoms with E-state index in [2.05, 4.69) is 0 Å². The maximum atomic E-state index is 12.7. The van der Waals surface area contributed by atoms with Crippen LogP contribution in [0.4, 0.5) is 4.39 Å². The van der Waals surface area contributed by atoms with E-state index < -0.39 is 18.6 Å². The highest BCUT2D eigenvalue weighted by Gasteiger charge is 2.21. The number of benzene rings is 1. The standard InChI is InChI=1S/C11H13FO3/c1-7(11(13)14)10-8(6-12)4-3-5-9(10)15-2/h3-5,7H,6H2,1-2H3,(H,13,14). The Kier molecular flexibility index (Phi) is 3.66. The number of carboxylic acid groups (broad SMARTS) is 1. The van der Waals surface area contributed by atoms with Crippen LogP contribution in [0.15, 0.2) is 18.2 Å². The molecule has 0 fully saturated rings. The lowest BCUT2D eigenvalue weighted by Gasteiger charge is -2.15. The Morgan fingerprint density at radius 2 is 2.27 bits per heavy atom. The quantitative estimate of drug-likeness (QED) is 0.833. The zero-order chi connectivity index (χ0) is 11.4. The fraction of sp³-hybridized carbons (Fsp3) is 0.364. The van der Waals surface area contributed by atoms with Gasteiger partial charge in [-0.3, -0.25) is 4.79 Å². The van der Waals surface area contributed by atoms with E-state index in [1.165, 1.54) is 14.0 Å². The molecule has 4 heteroatoms. The molecule has 3 nitrogen and oxygen atoms in total. The Hall–Kier alpha value is -1.58. The van der Waals surface area contributed by atoms with Crippen molar-refractivity contribution in [1.29, 1.82) is 0 Å². The molecule has 0 aliphatic rings. The SMILES string of the molecule is COc1cccc(CF)c1C(C)C(=O)O. The van der Waals surface area contributed by atoms with Crippen LogP contribution in [-0.4, -0.2) is 18.2 Å². The molecular formula is C11H13FO3. The summed E-state index contributed by atoms with van der Waals surface area (Å²) in [6.45, 7) is 0.823. The van der Waals surface area contributed by atoms with Crippen LogP contribution in [0.25, 0.3) is 0 Å². The molecule has 0 saturated carbocycles. The Morgan fingerprint density at radius 3 is 2.73 bits per heavy atom. The third-order valence-corrected chi connectivity index (χ3v) is 2.32. The van der Waals surface area contributed by atoms with Crippen molar-refractivity contribution in [2.24, 2.45) is 0 Å². The van der Waals surface area contributed by atoms with Crippen LogP contribution < -0.4 is 4.74 Å². The van der Waals surface area contributed by atoms with Crippen molar-refractivity contribution in [3.05, 3.63) is 29.3 Å². The van der Waals surface area contributed by atoms with Crippen molar-refractivity contribution >= 4 is 5.97 Å². The number of carboxylic acids is 1. The molecule has 82 valence electrons. The van der Waals surface area contributed by atoms with Crippen molar-refractivity contribution in [2.75, 3.05) is 7.11 Å². The maximum absolute atomic E-state index is 12.7. The highest BCUT2D eigenvalue weighted by molar-refractivity contribution is 5.77. The van der Waals surface area contributed by atoms with Gasteiger partial charge in [0.2, 0.25) is 0 Å². The van der Waals surface area contributed by atoms with Gasteiger partial charge in [-0.05, 0) is 18.6 Å². The highest BCUT2D eigenvalue weighted by Crippen LogP contribution is 2.30. The fourth-order valence-electron chi connectivity index (χ4n) is 1.50. The van der Waals surface area contributed by atoms with Gasteiger partial charge in [-0.2, -0.15) is 0 Å². The average molecular weight is 212 g/mol. The van der Waals surface area contributed by atoms with Gasteiger partial charge in [0.15, 0.2) is 0 Å². The summed E-state index contributed by atoms with van der Waals surface area (Å²) >= 11 is 0. The number of halogens is 1. The first kappa shape index (κ1) is 11.5. The summed E-state index contributed by atoms with van der Waals surface area (Å²) in [5, 5.41) is 8.90. The molecule has 0 bridgehead atoms.